The highest BCUT2D eigenvalue weighted by atomic mass is 16.6. The fourth-order valence-corrected chi connectivity index (χ4v) is 1.49. The molecule has 1 unspecified atom stereocenters. The van der Waals surface area contributed by atoms with Crippen LogP contribution in [0.3, 0.4) is 0 Å². The lowest BCUT2D eigenvalue weighted by atomic mass is 9.80. The van der Waals surface area contributed by atoms with Gasteiger partial charge in [-0.3, -0.25) is 4.79 Å². The monoisotopic (exact) mass is 273 g/mol. The molecule has 0 heterocycles. The van der Waals surface area contributed by atoms with Gasteiger partial charge in [-0.15, -0.1) is 0 Å². The molecule has 0 saturated heterocycles. The zero-order valence-electron chi connectivity index (χ0n) is 13.1. The molecular weight excluding hydrogens is 246 g/mol. The van der Waals surface area contributed by atoms with Crippen molar-refractivity contribution in [2.24, 2.45) is 11.3 Å². The van der Waals surface area contributed by atoms with Gasteiger partial charge in [-0.1, -0.05) is 20.8 Å². The highest BCUT2D eigenvalue weighted by molar-refractivity contribution is 5.75. The third-order valence-corrected chi connectivity index (χ3v) is 2.47. The first-order valence-electron chi connectivity index (χ1n) is 6.61. The van der Waals surface area contributed by atoms with Crippen LogP contribution in [0.25, 0.3) is 0 Å². The first kappa shape index (κ1) is 17.7. The Bertz CT molecular complexity index is 312. The number of hydrogen-bond donors (Lipinski definition) is 1. The second-order valence-corrected chi connectivity index (χ2v) is 6.55. The predicted octanol–water partition coefficient (Wildman–Crippen LogP) is 2.74. The lowest BCUT2D eigenvalue weighted by Crippen LogP contribution is -2.42. The first-order valence-corrected chi connectivity index (χ1v) is 6.61. The molecule has 0 rings (SSSR count). The summed E-state index contributed by atoms with van der Waals surface area (Å²) < 4.78 is 10.2. The van der Waals surface area contributed by atoms with Crippen molar-refractivity contribution in [1.29, 1.82) is 0 Å². The van der Waals surface area contributed by atoms with Crippen LogP contribution >= 0.6 is 0 Å². The molecule has 5 heteroatoms. The van der Waals surface area contributed by atoms with Crippen LogP contribution in [0.4, 0.5) is 4.79 Å². The Morgan fingerprint density at radius 1 is 1.11 bits per heavy atom. The molecule has 5 nitrogen and oxygen atoms in total. The lowest BCUT2D eigenvalue weighted by Gasteiger charge is -2.29. The van der Waals surface area contributed by atoms with Gasteiger partial charge in [0.15, 0.2) is 0 Å². The number of carbonyl (C=O) groups excluding carboxylic acids is 2. The molecule has 0 aliphatic carbocycles. The van der Waals surface area contributed by atoms with E-state index < -0.39 is 17.6 Å². The van der Waals surface area contributed by atoms with Crippen LogP contribution in [0.15, 0.2) is 0 Å². The average molecular weight is 273 g/mol. The summed E-state index contributed by atoms with van der Waals surface area (Å²) in [7, 11) is 0. The number of amides is 1. The minimum atomic E-state index is -0.550. The molecule has 0 radical (unpaired) electrons. The molecule has 1 N–H and O–H groups in total. The van der Waals surface area contributed by atoms with Crippen LogP contribution in [-0.4, -0.2) is 30.8 Å². The normalized spacial score (nSPS) is 13.6. The van der Waals surface area contributed by atoms with Crippen LogP contribution in [0, 0.1) is 11.3 Å². The summed E-state index contributed by atoms with van der Waals surface area (Å²) in [5, 5.41) is 2.62. The van der Waals surface area contributed by atoms with E-state index in [0.29, 0.717) is 6.61 Å². The second-order valence-electron chi connectivity index (χ2n) is 6.55. The SMILES string of the molecule is CCOC(=O)C(CNC(=O)OC(C)(C)C)C(C)(C)C. The van der Waals surface area contributed by atoms with Crippen molar-refractivity contribution in [3.05, 3.63) is 0 Å². The van der Waals surface area contributed by atoms with Gasteiger partial charge < -0.3 is 14.8 Å². The Morgan fingerprint density at radius 3 is 2.00 bits per heavy atom. The highest BCUT2D eigenvalue weighted by Gasteiger charge is 2.33. The number of esters is 1. The largest absolute Gasteiger partial charge is 0.466 e. The Morgan fingerprint density at radius 2 is 1.63 bits per heavy atom. The molecule has 0 saturated carbocycles. The molecule has 0 bridgehead atoms. The molecule has 0 spiro atoms. The number of carbonyl (C=O) groups is 2. The number of alkyl carbamates (subject to hydrolysis) is 1. The van der Waals surface area contributed by atoms with Gasteiger partial charge in [0.25, 0.3) is 0 Å². The fraction of sp³-hybridized carbons (Fsp3) is 0.857. The van der Waals surface area contributed by atoms with Crippen LogP contribution in [-0.2, 0) is 14.3 Å². The summed E-state index contributed by atoms with van der Waals surface area (Å²) in [6, 6.07) is 0. The fourth-order valence-electron chi connectivity index (χ4n) is 1.49. The van der Waals surface area contributed by atoms with Gasteiger partial charge in [0.05, 0.1) is 12.5 Å². The van der Waals surface area contributed by atoms with Crippen molar-refractivity contribution in [2.45, 2.75) is 54.1 Å². The van der Waals surface area contributed by atoms with Crippen LogP contribution in [0.5, 0.6) is 0 Å². The van der Waals surface area contributed by atoms with Gasteiger partial charge in [0.2, 0.25) is 0 Å². The zero-order valence-corrected chi connectivity index (χ0v) is 13.1. The minimum absolute atomic E-state index is 0.206. The van der Waals surface area contributed by atoms with Crippen LogP contribution < -0.4 is 5.32 Å². The average Bonchev–Trinajstić information content (AvgIpc) is 2.12. The van der Waals surface area contributed by atoms with E-state index in [9.17, 15) is 9.59 Å². The quantitative estimate of drug-likeness (QED) is 0.800. The second kappa shape index (κ2) is 6.78. The van der Waals surface area contributed by atoms with Gasteiger partial charge in [-0.25, -0.2) is 4.79 Å². The Balaban J connectivity index is 4.52. The standard InChI is InChI=1S/C14H27NO4/c1-8-18-11(16)10(13(2,3)4)9-15-12(17)19-14(5,6)7/h10H,8-9H2,1-7H3,(H,15,17). The predicted molar refractivity (Wildman–Crippen MR) is 73.8 cm³/mol. The summed E-state index contributed by atoms with van der Waals surface area (Å²) in [5.41, 5.74) is -0.841. The van der Waals surface area contributed by atoms with Gasteiger partial charge in [0, 0.05) is 6.54 Å². The van der Waals surface area contributed by atoms with Gasteiger partial charge in [-0.05, 0) is 33.1 Å². The molecule has 1 atom stereocenters. The molecule has 1 amide bonds. The first-order chi connectivity index (χ1) is 8.47. The molecule has 0 aliphatic rings. The van der Waals surface area contributed by atoms with E-state index in [0.717, 1.165) is 0 Å². The highest BCUT2D eigenvalue weighted by Crippen LogP contribution is 2.26. The molecule has 0 aliphatic heterocycles. The van der Waals surface area contributed by atoms with E-state index in [-0.39, 0.29) is 17.9 Å². The smallest absolute Gasteiger partial charge is 0.407 e. The maximum Gasteiger partial charge on any atom is 0.407 e. The number of ether oxygens (including phenoxy) is 2. The van der Waals surface area contributed by atoms with Crippen molar-refractivity contribution in [3.8, 4) is 0 Å². The third-order valence-electron chi connectivity index (χ3n) is 2.47. The summed E-state index contributed by atoms with van der Waals surface area (Å²) >= 11 is 0. The summed E-state index contributed by atoms with van der Waals surface area (Å²) in [4.78, 5) is 23.5. The number of nitrogens with one attached hydrogen (secondary N) is 1. The number of rotatable bonds is 4. The van der Waals surface area contributed by atoms with E-state index >= 15 is 0 Å². The molecule has 0 aromatic rings. The van der Waals surface area contributed by atoms with Crippen molar-refractivity contribution in [2.75, 3.05) is 13.2 Å². The number of hydrogen-bond acceptors (Lipinski definition) is 4. The maximum absolute atomic E-state index is 11.9. The Kier molecular flexibility index (Phi) is 6.33. The van der Waals surface area contributed by atoms with E-state index in [1.54, 1.807) is 27.7 Å². The van der Waals surface area contributed by atoms with Crippen LogP contribution in [0.2, 0.25) is 0 Å². The van der Waals surface area contributed by atoms with Crippen molar-refractivity contribution >= 4 is 12.1 Å². The van der Waals surface area contributed by atoms with Gasteiger partial charge in [-0.2, -0.15) is 0 Å². The van der Waals surface area contributed by atoms with Crippen molar-refractivity contribution < 1.29 is 19.1 Å². The van der Waals surface area contributed by atoms with Crippen molar-refractivity contribution in [1.82, 2.24) is 5.32 Å². The van der Waals surface area contributed by atoms with Gasteiger partial charge >= 0.3 is 12.1 Å². The summed E-state index contributed by atoms with van der Waals surface area (Å²) in [6.45, 7) is 13.5. The molecule has 0 fully saturated rings. The Hall–Kier alpha value is -1.26. The van der Waals surface area contributed by atoms with E-state index in [4.69, 9.17) is 9.47 Å². The maximum atomic E-state index is 11.9. The Labute approximate surface area is 116 Å². The summed E-state index contributed by atoms with van der Waals surface area (Å²) in [6.07, 6.45) is -0.522. The summed E-state index contributed by atoms with van der Waals surface area (Å²) in [5.74, 6) is -0.703. The zero-order chi connectivity index (χ0) is 15.3. The molecule has 112 valence electrons. The third kappa shape index (κ3) is 7.70. The minimum Gasteiger partial charge on any atom is -0.466 e. The molecule has 19 heavy (non-hydrogen) atoms. The molecule has 0 aromatic carbocycles. The van der Waals surface area contributed by atoms with Crippen LogP contribution in [0.1, 0.15) is 48.5 Å². The van der Waals surface area contributed by atoms with Crippen molar-refractivity contribution in [3.63, 3.8) is 0 Å². The van der Waals surface area contributed by atoms with Gasteiger partial charge in [0.1, 0.15) is 5.60 Å². The topological polar surface area (TPSA) is 64.6 Å². The van der Waals surface area contributed by atoms with E-state index in [1.807, 2.05) is 20.8 Å². The molecule has 0 aromatic heterocycles. The van der Waals surface area contributed by atoms with E-state index in [2.05, 4.69) is 5.32 Å². The van der Waals surface area contributed by atoms with E-state index in [1.165, 1.54) is 0 Å². The lowest BCUT2D eigenvalue weighted by molar-refractivity contribution is -0.151. The molecular formula is C14H27NO4.